The molecule has 0 aromatic heterocycles. The SMILES string of the molecule is CC(C)[C@@H](C)NC(=O)c1ccc(N(Cc2ccc(F)cc2)S(C)(=O)=O)cc1. The lowest BCUT2D eigenvalue weighted by atomic mass is 10.1. The maximum absolute atomic E-state index is 13.1. The van der Waals surface area contributed by atoms with E-state index in [1.165, 1.54) is 16.4 Å². The van der Waals surface area contributed by atoms with Crippen molar-refractivity contribution in [2.45, 2.75) is 33.4 Å². The fourth-order valence-electron chi connectivity index (χ4n) is 2.39. The van der Waals surface area contributed by atoms with Crippen LogP contribution >= 0.6 is 0 Å². The highest BCUT2D eigenvalue weighted by molar-refractivity contribution is 7.92. The standard InChI is InChI=1S/C20H25FN2O3S/c1-14(2)15(3)22-20(24)17-7-11-19(12-8-17)23(27(4,25)26)13-16-5-9-18(21)10-6-16/h5-12,14-15H,13H2,1-4H3,(H,22,24)/t15-/m1/s1. The monoisotopic (exact) mass is 392 g/mol. The van der Waals surface area contributed by atoms with Gasteiger partial charge in [0, 0.05) is 11.6 Å². The summed E-state index contributed by atoms with van der Waals surface area (Å²) in [5, 5.41) is 2.91. The van der Waals surface area contributed by atoms with E-state index in [2.05, 4.69) is 5.32 Å². The largest absolute Gasteiger partial charge is 0.349 e. The molecule has 2 aromatic rings. The van der Waals surface area contributed by atoms with Crippen LogP contribution in [0.5, 0.6) is 0 Å². The van der Waals surface area contributed by atoms with Gasteiger partial charge in [0.05, 0.1) is 18.5 Å². The van der Waals surface area contributed by atoms with Crippen LogP contribution in [-0.2, 0) is 16.6 Å². The van der Waals surface area contributed by atoms with Crippen molar-refractivity contribution >= 4 is 21.6 Å². The minimum atomic E-state index is -3.55. The highest BCUT2D eigenvalue weighted by Crippen LogP contribution is 2.21. The number of anilines is 1. The number of amides is 1. The first-order valence-corrected chi connectivity index (χ1v) is 10.6. The average Bonchev–Trinajstić information content (AvgIpc) is 2.60. The third-order valence-corrected chi connectivity index (χ3v) is 5.56. The van der Waals surface area contributed by atoms with Crippen LogP contribution in [0.2, 0.25) is 0 Å². The number of benzene rings is 2. The maximum Gasteiger partial charge on any atom is 0.251 e. The molecule has 1 N–H and O–H groups in total. The van der Waals surface area contributed by atoms with Crippen LogP contribution in [-0.4, -0.2) is 26.6 Å². The first kappa shape index (κ1) is 20.9. The Hall–Kier alpha value is -2.41. The molecule has 0 spiro atoms. The fourth-order valence-corrected chi connectivity index (χ4v) is 3.28. The van der Waals surface area contributed by atoms with Gasteiger partial charge in [0.1, 0.15) is 5.82 Å². The summed E-state index contributed by atoms with van der Waals surface area (Å²) in [6.45, 7) is 6.06. The predicted octanol–water partition coefficient (Wildman–Crippen LogP) is 3.57. The van der Waals surface area contributed by atoms with Gasteiger partial charge >= 0.3 is 0 Å². The summed E-state index contributed by atoms with van der Waals surface area (Å²) in [5.41, 5.74) is 1.56. The second kappa shape index (κ2) is 8.52. The van der Waals surface area contributed by atoms with E-state index in [0.717, 1.165) is 6.26 Å². The molecule has 0 aliphatic carbocycles. The molecule has 0 saturated heterocycles. The molecular weight excluding hydrogens is 367 g/mol. The van der Waals surface area contributed by atoms with Gasteiger partial charge in [0.25, 0.3) is 5.91 Å². The number of sulfonamides is 1. The van der Waals surface area contributed by atoms with Crippen LogP contribution < -0.4 is 9.62 Å². The van der Waals surface area contributed by atoms with Gasteiger partial charge in [-0.05, 0) is 54.8 Å². The zero-order valence-electron chi connectivity index (χ0n) is 15.9. The number of rotatable bonds is 7. The lowest BCUT2D eigenvalue weighted by Crippen LogP contribution is -2.36. The number of carbonyl (C=O) groups is 1. The second-order valence-electron chi connectivity index (χ2n) is 6.95. The summed E-state index contributed by atoms with van der Waals surface area (Å²) in [7, 11) is -3.55. The molecule has 7 heteroatoms. The molecule has 0 aliphatic heterocycles. The molecule has 27 heavy (non-hydrogen) atoms. The molecule has 0 saturated carbocycles. The van der Waals surface area contributed by atoms with Crippen molar-refractivity contribution in [2.24, 2.45) is 5.92 Å². The Kier molecular flexibility index (Phi) is 6.59. The Balaban J connectivity index is 2.22. The number of nitrogens with one attached hydrogen (secondary N) is 1. The minimum absolute atomic E-state index is 0.0307. The van der Waals surface area contributed by atoms with Crippen molar-refractivity contribution in [1.29, 1.82) is 0 Å². The summed E-state index contributed by atoms with van der Waals surface area (Å²) >= 11 is 0. The minimum Gasteiger partial charge on any atom is -0.349 e. The average molecular weight is 392 g/mol. The van der Waals surface area contributed by atoms with Crippen molar-refractivity contribution in [3.63, 3.8) is 0 Å². The Morgan fingerprint density at radius 2 is 1.59 bits per heavy atom. The van der Waals surface area contributed by atoms with Crippen molar-refractivity contribution < 1.29 is 17.6 Å². The van der Waals surface area contributed by atoms with Crippen molar-refractivity contribution in [3.05, 3.63) is 65.5 Å². The topological polar surface area (TPSA) is 66.5 Å². The Morgan fingerprint density at radius 1 is 1.04 bits per heavy atom. The molecule has 146 valence electrons. The zero-order chi connectivity index (χ0) is 20.2. The van der Waals surface area contributed by atoms with E-state index in [9.17, 15) is 17.6 Å². The molecule has 0 unspecified atom stereocenters. The van der Waals surface area contributed by atoms with Crippen molar-refractivity contribution in [2.75, 3.05) is 10.6 Å². The van der Waals surface area contributed by atoms with Gasteiger partial charge in [0.2, 0.25) is 10.0 Å². The maximum atomic E-state index is 13.1. The summed E-state index contributed by atoms with van der Waals surface area (Å²) in [6.07, 6.45) is 1.11. The Bertz CT molecular complexity index is 878. The molecule has 0 radical (unpaired) electrons. The first-order valence-electron chi connectivity index (χ1n) is 8.71. The molecule has 1 atom stereocenters. The quantitative estimate of drug-likeness (QED) is 0.783. The fraction of sp³-hybridized carbons (Fsp3) is 0.350. The normalized spacial score (nSPS) is 12.7. The third kappa shape index (κ3) is 5.79. The van der Waals surface area contributed by atoms with Gasteiger partial charge in [-0.1, -0.05) is 26.0 Å². The highest BCUT2D eigenvalue weighted by Gasteiger charge is 2.19. The molecule has 0 heterocycles. The van der Waals surface area contributed by atoms with E-state index < -0.39 is 10.0 Å². The van der Waals surface area contributed by atoms with Crippen LogP contribution in [0.25, 0.3) is 0 Å². The second-order valence-corrected chi connectivity index (χ2v) is 8.86. The summed E-state index contributed by atoms with van der Waals surface area (Å²) in [6, 6.07) is 12.1. The molecule has 2 rings (SSSR count). The molecule has 5 nitrogen and oxygen atoms in total. The lowest BCUT2D eigenvalue weighted by molar-refractivity contribution is 0.0930. The number of nitrogens with zero attached hydrogens (tertiary/aromatic N) is 1. The summed E-state index contributed by atoms with van der Waals surface area (Å²) in [4.78, 5) is 12.3. The number of halogens is 1. The molecule has 0 fully saturated rings. The molecule has 2 aromatic carbocycles. The van der Waals surface area contributed by atoms with Crippen molar-refractivity contribution in [1.82, 2.24) is 5.32 Å². The summed E-state index contributed by atoms with van der Waals surface area (Å²) < 4.78 is 38.7. The van der Waals surface area contributed by atoms with E-state index in [1.54, 1.807) is 36.4 Å². The third-order valence-electron chi connectivity index (χ3n) is 4.42. The number of hydrogen-bond donors (Lipinski definition) is 1. The van der Waals surface area contributed by atoms with Crippen LogP contribution in [0.4, 0.5) is 10.1 Å². The van der Waals surface area contributed by atoms with Crippen LogP contribution in [0.15, 0.2) is 48.5 Å². The van der Waals surface area contributed by atoms with Gasteiger partial charge in [-0.2, -0.15) is 0 Å². The first-order chi connectivity index (χ1) is 12.6. The van der Waals surface area contributed by atoms with Gasteiger partial charge in [-0.25, -0.2) is 12.8 Å². The number of carbonyl (C=O) groups excluding carboxylic acids is 1. The summed E-state index contributed by atoms with van der Waals surface area (Å²) in [5.74, 6) is -0.271. The molecule has 0 aliphatic rings. The molecule has 0 bridgehead atoms. The predicted molar refractivity (Wildman–Crippen MR) is 106 cm³/mol. The van der Waals surface area contributed by atoms with Gasteiger partial charge in [-0.3, -0.25) is 9.10 Å². The van der Waals surface area contributed by atoms with Crippen LogP contribution in [0, 0.1) is 11.7 Å². The van der Waals surface area contributed by atoms with Crippen LogP contribution in [0.3, 0.4) is 0 Å². The van der Waals surface area contributed by atoms with Gasteiger partial charge < -0.3 is 5.32 Å². The smallest absolute Gasteiger partial charge is 0.251 e. The van der Waals surface area contributed by atoms with Crippen LogP contribution in [0.1, 0.15) is 36.7 Å². The molecular formula is C20H25FN2O3S. The van der Waals surface area contributed by atoms with Gasteiger partial charge in [-0.15, -0.1) is 0 Å². The van der Waals surface area contributed by atoms with E-state index >= 15 is 0 Å². The number of hydrogen-bond acceptors (Lipinski definition) is 3. The Labute approximate surface area is 160 Å². The van der Waals surface area contributed by atoms with E-state index in [1.807, 2.05) is 20.8 Å². The zero-order valence-corrected chi connectivity index (χ0v) is 16.8. The lowest BCUT2D eigenvalue weighted by Gasteiger charge is -2.23. The van der Waals surface area contributed by atoms with E-state index in [0.29, 0.717) is 22.7 Å². The van der Waals surface area contributed by atoms with E-state index in [-0.39, 0.29) is 24.3 Å². The Morgan fingerprint density at radius 3 is 2.07 bits per heavy atom. The van der Waals surface area contributed by atoms with E-state index in [4.69, 9.17) is 0 Å². The van der Waals surface area contributed by atoms with Gasteiger partial charge in [0.15, 0.2) is 0 Å². The highest BCUT2D eigenvalue weighted by atomic mass is 32.2. The molecule has 1 amide bonds. The van der Waals surface area contributed by atoms with Crippen molar-refractivity contribution in [3.8, 4) is 0 Å².